The van der Waals surface area contributed by atoms with Gasteiger partial charge in [-0.1, -0.05) is 36.7 Å². The summed E-state index contributed by atoms with van der Waals surface area (Å²) < 4.78 is 26.4. The maximum Gasteiger partial charge on any atom is 0.213 e. The summed E-state index contributed by atoms with van der Waals surface area (Å²) in [4.78, 5) is 0. The van der Waals surface area contributed by atoms with Crippen molar-refractivity contribution in [3.05, 3.63) is 34.9 Å². The zero-order chi connectivity index (χ0) is 14.3. The van der Waals surface area contributed by atoms with Crippen LogP contribution in [0.3, 0.4) is 0 Å². The Hall–Kier alpha value is -0.620. The van der Waals surface area contributed by atoms with E-state index in [1.165, 1.54) is 0 Å². The Morgan fingerprint density at radius 3 is 2.58 bits per heavy atom. The Morgan fingerprint density at radius 2 is 1.95 bits per heavy atom. The predicted molar refractivity (Wildman–Crippen MR) is 80.0 cm³/mol. The van der Waals surface area contributed by atoms with Gasteiger partial charge in [0.2, 0.25) is 10.0 Å². The molecule has 1 aromatic carbocycles. The summed E-state index contributed by atoms with van der Waals surface area (Å²) in [5.41, 5.74) is 0.786. The van der Waals surface area contributed by atoms with E-state index in [0.29, 0.717) is 11.6 Å². The number of benzene rings is 1. The zero-order valence-electron chi connectivity index (χ0n) is 11.3. The summed E-state index contributed by atoms with van der Waals surface area (Å²) in [5.74, 6) is 0.0712. The van der Waals surface area contributed by atoms with Gasteiger partial charge in [0, 0.05) is 17.6 Å². The van der Waals surface area contributed by atoms with Crippen molar-refractivity contribution in [2.75, 3.05) is 18.8 Å². The summed E-state index contributed by atoms with van der Waals surface area (Å²) in [6.45, 7) is 5.12. The van der Waals surface area contributed by atoms with E-state index in [9.17, 15) is 8.42 Å². The average molecular weight is 305 g/mol. The summed E-state index contributed by atoms with van der Waals surface area (Å²) in [6, 6.07) is 6.91. The first kappa shape index (κ1) is 16.4. The second-order valence-corrected chi connectivity index (χ2v) is 6.71. The molecule has 6 heteroatoms. The van der Waals surface area contributed by atoms with Gasteiger partial charge in [0.1, 0.15) is 0 Å². The fourth-order valence-electron chi connectivity index (χ4n) is 1.73. The molecule has 1 atom stereocenters. The van der Waals surface area contributed by atoms with Crippen LogP contribution in [0.5, 0.6) is 0 Å². The summed E-state index contributed by atoms with van der Waals surface area (Å²) in [7, 11) is -3.30. The van der Waals surface area contributed by atoms with Crippen LogP contribution in [0.15, 0.2) is 24.3 Å². The molecular weight excluding hydrogens is 284 g/mol. The number of halogens is 1. The van der Waals surface area contributed by atoms with Gasteiger partial charge < -0.3 is 5.32 Å². The van der Waals surface area contributed by atoms with E-state index >= 15 is 0 Å². The molecule has 0 heterocycles. The number of nitrogens with one attached hydrogen (secondary N) is 2. The van der Waals surface area contributed by atoms with E-state index in [0.717, 1.165) is 18.5 Å². The molecule has 0 aliphatic rings. The van der Waals surface area contributed by atoms with Crippen LogP contribution in [-0.2, 0) is 10.0 Å². The lowest BCUT2D eigenvalue weighted by Gasteiger charge is -2.16. The monoisotopic (exact) mass is 304 g/mol. The first-order valence-electron chi connectivity index (χ1n) is 6.41. The third kappa shape index (κ3) is 5.91. The Balaban J connectivity index is 2.56. The highest BCUT2D eigenvalue weighted by Crippen LogP contribution is 2.22. The highest BCUT2D eigenvalue weighted by molar-refractivity contribution is 7.89. The molecule has 108 valence electrons. The SMILES string of the molecule is CCCNCCS(=O)(=O)NC(C)c1ccccc1Cl. The van der Waals surface area contributed by atoms with Crippen molar-refractivity contribution in [3.8, 4) is 0 Å². The largest absolute Gasteiger partial charge is 0.316 e. The summed E-state index contributed by atoms with van der Waals surface area (Å²) in [6.07, 6.45) is 0.990. The van der Waals surface area contributed by atoms with E-state index in [1.807, 2.05) is 25.1 Å². The molecule has 0 saturated heterocycles. The minimum Gasteiger partial charge on any atom is -0.316 e. The van der Waals surface area contributed by atoms with E-state index in [1.54, 1.807) is 13.0 Å². The van der Waals surface area contributed by atoms with E-state index < -0.39 is 10.0 Å². The second kappa shape index (κ2) is 7.85. The van der Waals surface area contributed by atoms with Gasteiger partial charge in [0.25, 0.3) is 0 Å². The maximum absolute atomic E-state index is 11.9. The van der Waals surface area contributed by atoms with Crippen molar-refractivity contribution in [3.63, 3.8) is 0 Å². The van der Waals surface area contributed by atoms with Crippen molar-refractivity contribution < 1.29 is 8.42 Å². The van der Waals surface area contributed by atoms with Gasteiger partial charge in [-0.15, -0.1) is 0 Å². The molecular formula is C13H21ClN2O2S. The van der Waals surface area contributed by atoms with Crippen LogP contribution in [0.4, 0.5) is 0 Å². The normalized spacial score (nSPS) is 13.4. The first-order valence-corrected chi connectivity index (χ1v) is 8.44. The fraction of sp³-hybridized carbons (Fsp3) is 0.538. The molecule has 19 heavy (non-hydrogen) atoms. The molecule has 1 aromatic rings. The molecule has 0 bridgehead atoms. The zero-order valence-corrected chi connectivity index (χ0v) is 12.9. The molecule has 1 rings (SSSR count). The Morgan fingerprint density at radius 1 is 1.26 bits per heavy atom. The molecule has 0 aliphatic heterocycles. The van der Waals surface area contributed by atoms with Crippen LogP contribution >= 0.6 is 11.6 Å². The topological polar surface area (TPSA) is 58.2 Å². The number of rotatable bonds is 8. The van der Waals surface area contributed by atoms with Crippen LogP contribution < -0.4 is 10.0 Å². The van der Waals surface area contributed by atoms with Crippen molar-refractivity contribution in [1.82, 2.24) is 10.0 Å². The van der Waals surface area contributed by atoms with Gasteiger partial charge in [-0.25, -0.2) is 13.1 Å². The summed E-state index contributed by atoms with van der Waals surface area (Å²) >= 11 is 6.05. The highest BCUT2D eigenvalue weighted by atomic mass is 35.5. The quantitative estimate of drug-likeness (QED) is 0.725. The predicted octanol–water partition coefficient (Wildman–Crippen LogP) is 2.32. The van der Waals surface area contributed by atoms with Gasteiger partial charge >= 0.3 is 0 Å². The molecule has 0 radical (unpaired) electrons. The third-order valence-electron chi connectivity index (χ3n) is 2.70. The Kier molecular flexibility index (Phi) is 6.79. The van der Waals surface area contributed by atoms with Crippen LogP contribution in [0, 0.1) is 0 Å². The molecule has 0 aliphatic carbocycles. The molecule has 0 saturated carbocycles. The van der Waals surface area contributed by atoms with Gasteiger partial charge in [-0.2, -0.15) is 0 Å². The Bertz CT molecular complexity index is 491. The third-order valence-corrected chi connectivity index (χ3v) is 4.50. The van der Waals surface area contributed by atoms with Crippen molar-refractivity contribution >= 4 is 21.6 Å². The van der Waals surface area contributed by atoms with Gasteiger partial charge in [0.05, 0.1) is 5.75 Å². The summed E-state index contributed by atoms with van der Waals surface area (Å²) in [5, 5.41) is 3.64. The second-order valence-electron chi connectivity index (χ2n) is 4.43. The van der Waals surface area contributed by atoms with Gasteiger partial charge in [-0.05, 0) is 31.5 Å². The smallest absolute Gasteiger partial charge is 0.213 e. The molecule has 0 aromatic heterocycles. The van der Waals surface area contributed by atoms with Gasteiger partial charge in [0.15, 0.2) is 0 Å². The lowest BCUT2D eigenvalue weighted by molar-refractivity contribution is 0.562. The molecule has 1 unspecified atom stereocenters. The van der Waals surface area contributed by atoms with Crippen molar-refractivity contribution in [2.24, 2.45) is 0 Å². The molecule has 0 spiro atoms. The standard InChI is InChI=1S/C13H21ClN2O2S/c1-3-8-15-9-10-19(17,18)16-11(2)12-6-4-5-7-13(12)14/h4-7,11,15-16H,3,8-10H2,1-2H3. The molecule has 0 amide bonds. The first-order chi connectivity index (χ1) is 8.96. The van der Waals surface area contributed by atoms with Crippen LogP contribution in [0.1, 0.15) is 31.9 Å². The molecule has 4 nitrogen and oxygen atoms in total. The Labute approximate surface area is 120 Å². The average Bonchev–Trinajstić information content (AvgIpc) is 2.34. The van der Waals surface area contributed by atoms with E-state index in [-0.39, 0.29) is 11.8 Å². The molecule has 2 N–H and O–H groups in total. The van der Waals surface area contributed by atoms with Crippen LogP contribution in [0.2, 0.25) is 5.02 Å². The fourth-order valence-corrected chi connectivity index (χ4v) is 3.22. The molecule has 0 fully saturated rings. The lowest BCUT2D eigenvalue weighted by Crippen LogP contribution is -2.33. The van der Waals surface area contributed by atoms with Crippen LogP contribution in [-0.4, -0.2) is 27.3 Å². The van der Waals surface area contributed by atoms with Crippen molar-refractivity contribution in [1.29, 1.82) is 0 Å². The minimum absolute atomic E-state index is 0.0712. The highest BCUT2D eigenvalue weighted by Gasteiger charge is 2.16. The lowest BCUT2D eigenvalue weighted by atomic mass is 10.1. The van der Waals surface area contributed by atoms with Gasteiger partial charge in [-0.3, -0.25) is 0 Å². The minimum atomic E-state index is -3.30. The van der Waals surface area contributed by atoms with Crippen LogP contribution in [0.25, 0.3) is 0 Å². The van der Waals surface area contributed by atoms with E-state index in [4.69, 9.17) is 11.6 Å². The number of hydrogen-bond donors (Lipinski definition) is 2. The maximum atomic E-state index is 11.9. The van der Waals surface area contributed by atoms with Crippen molar-refractivity contribution in [2.45, 2.75) is 26.3 Å². The number of hydrogen-bond acceptors (Lipinski definition) is 3. The van der Waals surface area contributed by atoms with E-state index in [2.05, 4.69) is 10.0 Å². The number of sulfonamides is 1.